The summed E-state index contributed by atoms with van der Waals surface area (Å²) in [6.07, 6.45) is 1.60. The number of ether oxygens (including phenoxy) is 1. The lowest BCUT2D eigenvalue weighted by Gasteiger charge is -2.30. The fraction of sp³-hybridized carbons (Fsp3) is 0.500. The quantitative estimate of drug-likeness (QED) is 0.455. The van der Waals surface area contributed by atoms with Gasteiger partial charge in [-0.05, 0) is 66.8 Å². The third-order valence-corrected chi connectivity index (χ3v) is 7.17. The van der Waals surface area contributed by atoms with Crippen molar-refractivity contribution in [3.05, 3.63) is 48.0 Å². The zero-order valence-corrected chi connectivity index (χ0v) is 22.3. The van der Waals surface area contributed by atoms with Crippen molar-refractivity contribution in [3.8, 4) is 5.75 Å². The van der Waals surface area contributed by atoms with E-state index in [1.165, 1.54) is 19.2 Å². The fourth-order valence-electron chi connectivity index (χ4n) is 3.96. The maximum Gasteiger partial charge on any atom is 0.261 e. The second kappa shape index (κ2) is 12.1. The van der Waals surface area contributed by atoms with E-state index in [1.54, 1.807) is 18.2 Å². The first kappa shape index (κ1) is 27.5. The van der Waals surface area contributed by atoms with Crippen LogP contribution in [0.1, 0.15) is 46.1 Å². The van der Waals surface area contributed by atoms with Crippen LogP contribution in [0.3, 0.4) is 0 Å². The fourth-order valence-corrected chi connectivity index (χ4v) is 5.01. The number of nitrogens with one attached hydrogen (secondary N) is 1. The van der Waals surface area contributed by atoms with Crippen LogP contribution in [0.15, 0.2) is 47.4 Å². The van der Waals surface area contributed by atoms with Gasteiger partial charge in [-0.2, -0.15) is 0 Å². The highest BCUT2D eigenvalue weighted by Crippen LogP contribution is 2.28. The van der Waals surface area contributed by atoms with Crippen molar-refractivity contribution in [2.24, 2.45) is 11.8 Å². The highest BCUT2D eigenvalue weighted by Gasteiger charge is 2.24. The summed E-state index contributed by atoms with van der Waals surface area (Å²) in [7, 11) is 1.64. The number of nitrogens with zero attached hydrogens (tertiary/aromatic N) is 2. The largest absolute Gasteiger partial charge is 0.497 e. The monoisotopic (exact) mass is 489 g/mol. The van der Waals surface area contributed by atoms with Gasteiger partial charge in [-0.1, -0.05) is 27.7 Å². The Labute approximate surface area is 205 Å². The van der Waals surface area contributed by atoms with E-state index in [9.17, 15) is 13.2 Å². The van der Waals surface area contributed by atoms with Gasteiger partial charge in [0, 0.05) is 44.5 Å². The number of benzene rings is 2. The summed E-state index contributed by atoms with van der Waals surface area (Å²) in [5, 5.41) is 0. The molecule has 2 aromatic rings. The van der Waals surface area contributed by atoms with E-state index in [0.29, 0.717) is 30.4 Å². The Balaban J connectivity index is 2.39. The number of carbonyl (C=O) groups is 1. The van der Waals surface area contributed by atoms with Crippen molar-refractivity contribution in [3.63, 3.8) is 0 Å². The number of sulfonamides is 1. The van der Waals surface area contributed by atoms with E-state index in [2.05, 4.69) is 18.6 Å². The van der Waals surface area contributed by atoms with Crippen LogP contribution >= 0.6 is 0 Å². The maximum absolute atomic E-state index is 13.3. The lowest BCUT2D eigenvalue weighted by atomic mass is 10.00. The zero-order chi connectivity index (χ0) is 25.5. The molecule has 1 amide bonds. The van der Waals surface area contributed by atoms with Gasteiger partial charge in [0.25, 0.3) is 10.0 Å². The van der Waals surface area contributed by atoms with Gasteiger partial charge in [-0.25, -0.2) is 8.42 Å². The minimum atomic E-state index is -3.77. The van der Waals surface area contributed by atoms with E-state index in [4.69, 9.17) is 4.74 Å². The molecule has 0 aromatic heterocycles. The molecule has 0 bridgehead atoms. The van der Waals surface area contributed by atoms with E-state index < -0.39 is 10.0 Å². The second-order valence-electron chi connectivity index (χ2n) is 9.14. The number of amides is 1. The smallest absolute Gasteiger partial charge is 0.261 e. The summed E-state index contributed by atoms with van der Waals surface area (Å²) in [5.74, 6) is 1.03. The van der Waals surface area contributed by atoms with Crippen molar-refractivity contribution in [2.45, 2.75) is 52.0 Å². The average molecular weight is 490 g/mol. The summed E-state index contributed by atoms with van der Waals surface area (Å²) in [6, 6.07) is 11.7. The van der Waals surface area contributed by atoms with Gasteiger partial charge in [0.1, 0.15) is 5.75 Å². The summed E-state index contributed by atoms with van der Waals surface area (Å²) in [5.41, 5.74) is 2.29. The molecule has 0 unspecified atom stereocenters. The molecule has 0 saturated heterocycles. The highest BCUT2D eigenvalue weighted by molar-refractivity contribution is 7.92. The minimum Gasteiger partial charge on any atom is -0.497 e. The average Bonchev–Trinajstić information content (AvgIpc) is 2.78. The lowest BCUT2D eigenvalue weighted by molar-refractivity contribution is -0.137. The van der Waals surface area contributed by atoms with Crippen molar-refractivity contribution in [2.75, 3.05) is 37.4 Å². The van der Waals surface area contributed by atoms with Crippen LogP contribution in [0.2, 0.25) is 0 Å². The van der Waals surface area contributed by atoms with Crippen LogP contribution in [0.25, 0.3) is 0 Å². The highest BCUT2D eigenvalue weighted by atomic mass is 32.2. The molecule has 0 aliphatic rings. The standard InChI is InChI=1S/C26H39N3O4S/c1-8-20(9-2)26(30)29(17-19(3)4)18-21-16-22(10-15-25(21)28(5)6)27-34(31,32)24-13-11-23(33-7)12-14-24/h10-16,19-20,27H,8-9,17-18H2,1-7H3. The van der Waals surface area contributed by atoms with E-state index in [1.807, 2.05) is 49.9 Å². The van der Waals surface area contributed by atoms with Crippen LogP contribution in [-0.2, 0) is 21.4 Å². The molecular weight excluding hydrogens is 450 g/mol. The normalized spacial score (nSPS) is 11.6. The number of anilines is 2. The Morgan fingerprint density at radius 1 is 1.03 bits per heavy atom. The first-order valence-corrected chi connectivity index (χ1v) is 13.3. The van der Waals surface area contributed by atoms with Gasteiger partial charge in [0.05, 0.1) is 12.0 Å². The van der Waals surface area contributed by atoms with Crippen molar-refractivity contribution in [1.29, 1.82) is 0 Å². The summed E-state index contributed by atoms with van der Waals surface area (Å²) in [4.78, 5) is 17.3. The van der Waals surface area contributed by atoms with Crippen molar-refractivity contribution in [1.82, 2.24) is 4.90 Å². The van der Waals surface area contributed by atoms with Crippen LogP contribution in [0, 0.1) is 11.8 Å². The minimum absolute atomic E-state index is 0.0155. The molecule has 0 fully saturated rings. The van der Waals surface area contributed by atoms with Crippen LogP contribution in [-0.4, -0.2) is 47.0 Å². The Morgan fingerprint density at radius 3 is 2.15 bits per heavy atom. The number of methoxy groups -OCH3 is 1. The summed E-state index contributed by atoms with van der Waals surface area (Å²) >= 11 is 0. The summed E-state index contributed by atoms with van der Waals surface area (Å²) in [6.45, 7) is 9.33. The van der Waals surface area contributed by atoms with Gasteiger partial charge in [0.15, 0.2) is 0 Å². The molecule has 0 saturated carbocycles. The predicted molar refractivity (Wildman–Crippen MR) is 139 cm³/mol. The lowest BCUT2D eigenvalue weighted by Crippen LogP contribution is -2.38. The third-order valence-electron chi connectivity index (χ3n) is 5.78. The Hall–Kier alpha value is -2.74. The first-order valence-electron chi connectivity index (χ1n) is 11.8. The SMILES string of the molecule is CCC(CC)C(=O)N(Cc1cc(NS(=O)(=O)c2ccc(OC)cc2)ccc1N(C)C)CC(C)C. The van der Waals surface area contributed by atoms with Crippen molar-refractivity contribution >= 4 is 27.3 Å². The van der Waals surface area contributed by atoms with Crippen LogP contribution < -0.4 is 14.4 Å². The molecule has 0 heterocycles. The molecule has 0 aliphatic heterocycles. The molecule has 0 spiro atoms. The Bertz CT molecular complexity index is 1050. The van der Waals surface area contributed by atoms with Crippen LogP contribution in [0.4, 0.5) is 11.4 Å². The van der Waals surface area contributed by atoms with Gasteiger partial charge in [-0.15, -0.1) is 0 Å². The molecule has 188 valence electrons. The molecule has 8 heteroatoms. The van der Waals surface area contributed by atoms with Crippen molar-refractivity contribution < 1.29 is 17.9 Å². The molecule has 0 aliphatic carbocycles. The third kappa shape index (κ3) is 7.13. The summed E-state index contributed by atoms with van der Waals surface area (Å²) < 4.78 is 33.7. The topological polar surface area (TPSA) is 79.0 Å². The molecule has 2 rings (SSSR count). The maximum atomic E-state index is 13.3. The van der Waals surface area contributed by atoms with Gasteiger partial charge < -0.3 is 14.5 Å². The number of carbonyl (C=O) groups excluding carboxylic acids is 1. The molecular formula is C26H39N3O4S. The second-order valence-corrected chi connectivity index (χ2v) is 10.8. The van der Waals surface area contributed by atoms with Gasteiger partial charge >= 0.3 is 0 Å². The molecule has 0 radical (unpaired) electrons. The predicted octanol–water partition coefficient (Wildman–Crippen LogP) is 4.98. The zero-order valence-electron chi connectivity index (χ0n) is 21.5. The Kier molecular flexibility index (Phi) is 9.79. The number of hydrogen-bond donors (Lipinski definition) is 1. The van der Waals surface area contributed by atoms with Gasteiger partial charge in [-0.3, -0.25) is 9.52 Å². The van der Waals surface area contributed by atoms with E-state index in [0.717, 1.165) is 24.1 Å². The molecule has 34 heavy (non-hydrogen) atoms. The van der Waals surface area contributed by atoms with Crippen LogP contribution in [0.5, 0.6) is 5.75 Å². The van der Waals surface area contributed by atoms with E-state index >= 15 is 0 Å². The molecule has 0 atom stereocenters. The Morgan fingerprint density at radius 2 is 1.65 bits per heavy atom. The van der Waals surface area contributed by atoms with E-state index in [-0.39, 0.29) is 16.7 Å². The molecule has 1 N–H and O–H groups in total. The molecule has 2 aromatic carbocycles. The number of rotatable bonds is 12. The molecule has 7 nitrogen and oxygen atoms in total. The first-order chi connectivity index (χ1) is 16.0. The number of hydrogen-bond acceptors (Lipinski definition) is 5. The van der Waals surface area contributed by atoms with Gasteiger partial charge in [0.2, 0.25) is 5.91 Å².